The van der Waals surface area contributed by atoms with Crippen molar-refractivity contribution in [3.05, 3.63) is 88.5 Å². The maximum Gasteiger partial charge on any atom is 0.511 e. The molecule has 1 N–H and O–H groups in total. The number of hydrogen-bond acceptors (Lipinski definition) is 5. The summed E-state index contributed by atoms with van der Waals surface area (Å²) in [5, 5.41) is 9.23. The Labute approximate surface area is 219 Å². The topological polar surface area (TPSA) is 79.7 Å². The van der Waals surface area contributed by atoms with E-state index >= 15 is 0 Å². The summed E-state index contributed by atoms with van der Waals surface area (Å²) in [5.41, 5.74) is 3.22. The Morgan fingerprint density at radius 2 is 1.81 bits per heavy atom. The molecule has 0 bridgehead atoms. The highest BCUT2D eigenvalue weighted by molar-refractivity contribution is 6.33. The minimum atomic E-state index is -1.37. The van der Waals surface area contributed by atoms with Gasteiger partial charge in [0.15, 0.2) is 0 Å². The highest BCUT2D eigenvalue weighted by Crippen LogP contribution is 2.45. The minimum absolute atomic E-state index is 0.0178. The normalized spacial score (nSPS) is 19.2. The summed E-state index contributed by atoms with van der Waals surface area (Å²) >= 11 is 6.43. The Bertz CT molecular complexity index is 1330. The van der Waals surface area contributed by atoms with Crippen LogP contribution in [-0.4, -0.2) is 52.8 Å². The summed E-state index contributed by atoms with van der Waals surface area (Å²) < 4.78 is 19.2. The SMILES string of the molecule is C[N+](C(=O)c1cc(F)ccc1Cl)(C1CCN(c2ccncc2)CC1)C1CCc2cc(OC(=O)O)ccc21. The van der Waals surface area contributed by atoms with Crippen molar-refractivity contribution in [3.63, 3.8) is 0 Å². The zero-order valence-electron chi connectivity index (χ0n) is 20.4. The first-order chi connectivity index (χ1) is 17.8. The van der Waals surface area contributed by atoms with Gasteiger partial charge in [0.25, 0.3) is 0 Å². The van der Waals surface area contributed by atoms with Crippen molar-refractivity contribution in [2.24, 2.45) is 0 Å². The van der Waals surface area contributed by atoms with Gasteiger partial charge in [0.05, 0.1) is 18.1 Å². The number of quaternary nitrogens is 1. The minimum Gasteiger partial charge on any atom is -0.449 e. The Morgan fingerprint density at radius 1 is 1.08 bits per heavy atom. The van der Waals surface area contributed by atoms with Crippen LogP contribution in [0.1, 0.15) is 46.8 Å². The summed E-state index contributed by atoms with van der Waals surface area (Å²) in [5.74, 6) is -0.462. The van der Waals surface area contributed by atoms with E-state index < -0.39 is 12.0 Å². The number of carboxylic acid groups (broad SMARTS) is 1. The second kappa shape index (κ2) is 10.1. The van der Waals surface area contributed by atoms with Gasteiger partial charge < -0.3 is 14.7 Å². The Morgan fingerprint density at radius 3 is 2.51 bits per heavy atom. The molecule has 9 heteroatoms. The molecule has 1 saturated heterocycles. The fourth-order valence-electron chi connectivity index (χ4n) is 5.99. The Kier molecular flexibility index (Phi) is 6.88. The molecule has 5 rings (SSSR count). The molecule has 0 radical (unpaired) electrons. The zero-order valence-corrected chi connectivity index (χ0v) is 21.2. The lowest BCUT2D eigenvalue weighted by molar-refractivity contribution is -0.887. The maximum absolute atomic E-state index is 14.3. The number of anilines is 1. The largest absolute Gasteiger partial charge is 0.511 e. The zero-order chi connectivity index (χ0) is 26.2. The average Bonchev–Trinajstić information content (AvgIpc) is 3.33. The maximum atomic E-state index is 14.3. The molecule has 37 heavy (non-hydrogen) atoms. The average molecular weight is 525 g/mol. The third-order valence-electron chi connectivity index (χ3n) is 7.86. The number of halogens is 2. The molecule has 1 aromatic heterocycles. The van der Waals surface area contributed by atoms with Crippen LogP contribution < -0.4 is 9.64 Å². The number of pyridine rings is 1. The number of rotatable bonds is 5. The molecule has 1 aliphatic carbocycles. The predicted molar refractivity (Wildman–Crippen MR) is 138 cm³/mol. The van der Waals surface area contributed by atoms with Crippen LogP contribution in [0.4, 0.5) is 14.9 Å². The molecule has 192 valence electrons. The molecule has 1 aliphatic heterocycles. The quantitative estimate of drug-likeness (QED) is 0.255. The second-order valence-electron chi connectivity index (χ2n) is 9.78. The first-order valence-electron chi connectivity index (χ1n) is 12.3. The molecule has 2 aromatic carbocycles. The standard InChI is InChI=1S/C28H27ClFN3O4/c1-33(27(34)24-17-19(30)3-6-25(24)29,21-10-14-32(15-11-21)20-8-12-31-13-9-20)26-7-2-18-16-22(37-28(35)36)4-5-23(18)26/h3-6,8-9,12-13,16-17,21,26H,2,7,10-11,14-15H2,1H3/p+1. The van der Waals surface area contributed by atoms with Crippen LogP contribution in [0.25, 0.3) is 0 Å². The van der Waals surface area contributed by atoms with E-state index in [1.807, 2.05) is 25.2 Å². The van der Waals surface area contributed by atoms with E-state index in [1.165, 1.54) is 18.2 Å². The van der Waals surface area contributed by atoms with Gasteiger partial charge >= 0.3 is 12.1 Å². The van der Waals surface area contributed by atoms with E-state index in [-0.39, 0.29) is 38.8 Å². The summed E-state index contributed by atoms with van der Waals surface area (Å²) in [4.78, 5) is 31.7. The van der Waals surface area contributed by atoms with Crippen molar-refractivity contribution in [1.82, 2.24) is 4.98 Å². The van der Waals surface area contributed by atoms with E-state index in [0.29, 0.717) is 12.8 Å². The van der Waals surface area contributed by atoms with E-state index in [4.69, 9.17) is 21.4 Å². The Hall–Kier alpha value is -3.49. The molecule has 0 saturated carbocycles. The summed E-state index contributed by atoms with van der Waals surface area (Å²) in [6, 6.07) is 12.9. The van der Waals surface area contributed by atoms with Crippen LogP contribution >= 0.6 is 11.6 Å². The third-order valence-corrected chi connectivity index (χ3v) is 8.19. The van der Waals surface area contributed by atoms with Gasteiger partial charge in [0.1, 0.15) is 23.2 Å². The van der Waals surface area contributed by atoms with Crippen LogP contribution in [0.3, 0.4) is 0 Å². The van der Waals surface area contributed by atoms with Crippen LogP contribution in [-0.2, 0) is 6.42 Å². The molecule has 3 aromatic rings. The number of fused-ring (bicyclic) bond motifs is 1. The van der Waals surface area contributed by atoms with Gasteiger partial charge in [-0.2, -0.15) is 0 Å². The molecule has 1 amide bonds. The van der Waals surface area contributed by atoms with E-state index in [2.05, 4.69) is 9.88 Å². The number of carbonyl (C=O) groups excluding carboxylic acids is 1. The van der Waals surface area contributed by atoms with Crippen molar-refractivity contribution < 1.29 is 28.3 Å². The first kappa shape index (κ1) is 25.2. The first-order valence-corrected chi connectivity index (χ1v) is 12.7. The lowest BCUT2D eigenvalue weighted by Crippen LogP contribution is -2.60. The molecular formula is C28H28ClFN3O4+. The molecule has 0 spiro atoms. The van der Waals surface area contributed by atoms with Gasteiger partial charge in [-0.05, 0) is 60.5 Å². The second-order valence-corrected chi connectivity index (χ2v) is 10.2. The fourth-order valence-corrected chi connectivity index (χ4v) is 6.19. The highest BCUT2D eigenvalue weighted by Gasteiger charge is 2.51. The van der Waals surface area contributed by atoms with Crippen molar-refractivity contribution in [3.8, 4) is 5.75 Å². The number of aryl methyl sites for hydroxylation is 1. The van der Waals surface area contributed by atoms with Crippen LogP contribution in [0, 0.1) is 5.82 Å². The molecular weight excluding hydrogens is 497 g/mol. The van der Waals surface area contributed by atoms with Gasteiger partial charge in [0, 0.05) is 56.0 Å². The van der Waals surface area contributed by atoms with Gasteiger partial charge in [-0.3, -0.25) is 4.98 Å². The number of carbonyl (C=O) groups is 2. The highest BCUT2D eigenvalue weighted by atomic mass is 35.5. The summed E-state index contributed by atoms with van der Waals surface area (Å²) in [6.45, 7) is 1.55. The van der Waals surface area contributed by atoms with E-state index in [9.17, 15) is 14.0 Å². The van der Waals surface area contributed by atoms with Crippen molar-refractivity contribution in [2.75, 3.05) is 25.0 Å². The fraction of sp³-hybridized carbons (Fsp3) is 0.321. The number of benzene rings is 2. The molecule has 2 unspecified atom stereocenters. The number of amides is 1. The monoisotopic (exact) mass is 524 g/mol. The van der Waals surface area contributed by atoms with E-state index in [0.717, 1.165) is 42.7 Å². The van der Waals surface area contributed by atoms with Crippen LogP contribution in [0.15, 0.2) is 60.9 Å². The number of ether oxygens (including phenoxy) is 1. The van der Waals surface area contributed by atoms with Crippen molar-refractivity contribution in [1.29, 1.82) is 0 Å². The van der Waals surface area contributed by atoms with E-state index in [1.54, 1.807) is 24.5 Å². The van der Waals surface area contributed by atoms with Crippen LogP contribution in [0.2, 0.25) is 5.02 Å². The smallest absolute Gasteiger partial charge is 0.449 e. The molecule has 2 aliphatic rings. The third kappa shape index (κ3) is 4.79. The Balaban J connectivity index is 1.51. The number of nitrogens with zero attached hydrogens (tertiary/aromatic N) is 3. The molecule has 2 heterocycles. The number of piperidine rings is 1. The lowest BCUT2D eigenvalue weighted by Gasteiger charge is -2.47. The number of aromatic nitrogens is 1. The lowest BCUT2D eigenvalue weighted by atomic mass is 9.93. The summed E-state index contributed by atoms with van der Waals surface area (Å²) in [7, 11) is 1.94. The van der Waals surface area contributed by atoms with Crippen molar-refractivity contribution in [2.45, 2.75) is 37.8 Å². The van der Waals surface area contributed by atoms with Gasteiger partial charge in [-0.25, -0.2) is 18.5 Å². The van der Waals surface area contributed by atoms with Gasteiger partial charge in [0.2, 0.25) is 0 Å². The molecule has 1 fully saturated rings. The predicted octanol–water partition coefficient (Wildman–Crippen LogP) is 5.87. The van der Waals surface area contributed by atoms with Gasteiger partial charge in [-0.15, -0.1) is 0 Å². The molecule has 2 atom stereocenters. The molecule has 7 nitrogen and oxygen atoms in total. The van der Waals surface area contributed by atoms with Crippen molar-refractivity contribution >= 4 is 29.4 Å². The van der Waals surface area contributed by atoms with Crippen LogP contribution in [0.5, 0.6) is 5.75 Å². The van der Waals surface area contributed by atoms with Gasteiger partial charge in [-0.1, -0.05) is 11.6 Å². The number of hydrogen-bond donors (Lipinski definition) is 1. The summed E-state index contributed by atoms with van der Waals surface area (Å²) in [6.07, 6.45) is 5.10.